The summed E-state index contributed by atoms with van der Waals surface area (Å²) in [6.45, 7) is 0. The van der Waals surface area contributed by atoms with Crippen molar-refractivity contribution in [2.75, 3.05) is 0 Å². The third kappa shape index (κ3) is 2.36. The molecule has 1 aromatic carbocycles. The summed E-state index contributed by atoms with van der Waals surface area (Å²) >= 11 is 1.09. The number of nitro groups is 1. The van der Waals surface area contributed by atoms with Gasteiger partial charge in [-0.05, 0) is 28.7 Å². The van der Waals surface area contributed by atoms with Crippen LogP contribution in [0.15, 0.2) is 12.1 Å². The number of hydrogen-bond acceptors (Lipinski definition) is 2. The van der Waals surface area contributed by atoms with Gasteiger partial charge in [0.25, 0.3) is 0 Å². The molecule has 0 heterocycles. The minimum Gasteiger partial charge on any atom is -0.258 e. The molecule has 0 unspecified atom stereocenters. The van der Waals surface area contributed by atoms with Gasteiger partial charge in [0.05, 0.1) is 14.1 Å². The molecule has 0 saturated heterocycles. The zero-order chi connectivity index (χ0) is 11.8. The van der Waals surface area contributed by atoms with E-state index >= 15 is 0 Å². The van der Waals surface area contributed by atoms with Gasteiger partial charge in [0.1, 0.15) is 0 Å². The quantitative estimate of drug-likeness (QED) is 0.342. The van der Waals surface area contributed by atoms with Crippen LogP contribution in [0.3, 0.4) is 0 Å². The molecule has 0 aliphatic carbocycles. The van der Waals surface area contributed by atoms with Crippen LogP contribution in [-0.2, 0) is 6.18 Å². The Morgan fingerprint density at radius 2 is 1.87 bits per heavy atom. The highest BCUT2D eigenvalue weighted by molar-refractivity contribution is 14.1. The summed E-state index contributed by atoms with van der Waals surface area (Å²) in [6, 6.07) is 0.989. The number of rotatable bonds is 1. The van der Waals surface area contributed by atoms with Crippen molar-refractivity contribution in [3.05, 3.63) is 37.2 Å². The van der Waals surface area contributed by atoms with Gasteiger partial charge < -0.3 is 0 Å². The van der Waals surface area contributed by atoms with Crippen molar-refractivity contribution >= 4 is 28.3 Å². The van der Waals surface area contributed by atoms with Crippen LogP contribution in [0.25, 0.3) is 0 Å². The first kappa shape index (κ1) is 12.1. The lowest BCUT2D eigenvalue weighted by atomic mass is 10.2. The molecule has 0 aromatic heterocycles. The number of hydrogen-bond donors (Lipinski definition) is 0. The fraction of sp³-hybridized carbons (Fsp3) is 0.143. The smallest absolute Gasteiger partial charge is 0.258 e. The van der Waals surface area contributed by atoms with Crippen molar-refractivity contribution in [3.8, 4) is 0 Å². The molecular formula is C7H2F4INO2. The lowest BCUT2D eigenvalue weighted by molar-refractivity contribution is -0.387. The number of halogens is 5. The summed E-state index contributed by atoms with van der Waals surface area (Å²) in [4.78, 5) is 9.14. The average molecular weight is 335 g/mol. The van der Waals surface area contributed by atoms with Crippen LogP contribution in [-0.4, -0.2) is 4.92 Å². The largest absolute Gasteiger partial charge is 0.417 e. The van der Waals surface area contributed by atoms with E-state index in [9.17, 15) is 27.7 Å². The average Bonchev–Trinajstić information content (AvgIpc) is 2.06. The predicted molar refractivity (Wildman–Crippen MR) is 50.8 cm³/mol. The van der Waals surface area contributed by atoms with Gasteiger partial charge >= 0.3 is 11.9 Å². The SMILES string of the molecule is O=[N+]([O-])c1ccc(C(F)(F)F)c(I)c1F. The van der Waals surface area contributed by atoms with E-state index in [1.54, 1.807) is 0 Å². The number of nitrogens with zero attached hydrogens (tertiary/aromatic N) is 1. The Balaban J connectivity index is 3.41. The molecule has 0 atom stereocenters. The van der Waals surface area contributed by atoms with Crippen molar-refractivity contribution < 1.29 is 22.5 Å². The summed E-state index contributed by atoms with van der Waals surface area (Å²) < 4.78 is 49.0. The second-order valence-corrected chi connectivity index (χ2v) is 3.59. The molecule has 1 rings (SSSR count). The third-order valence-corrected chi connectivity index (χ3v) is 2.62. The molecule has 15 heavy (non-hydrogen) atoms. The summed E-state index contributed by atoms with van der Waals surface area (Å²) in [6.07, 6.45) is -4.72. The Morgan fingerprint density at radius 1 is 1.33 bits per heavy atom. The minimum atomic E-state index is -4.72. The molecule has 0 amide bonds. The predicted octanol–water partition coefficient (Wildman–Crippen LogP) is 3.36. The summed E-state index contributed by atoms with van der Waals surface area (Å²) in [5.74, 6) is -1.46. The fourth-order valence-corrected chi connectivity index (χ4v) is 1.66. The van der Waals surface area contributed by atoms with E-state index in [1.807, 2.05) is 0 Å². The van der Waals surface area contributed by atoms with E-state index in [2.05, 4.69) is 0 Å². The zero-order valence-corrected chi connectivity index (χ0v) is 8.97. The molecule has 0 fully saturated rings. The first-order valence-corrected chi connectivity index (χ1v) is 4.52. The van der Waals surface area contributed by atoms with E-state index < -0.39 is 31.7 Å². The van der Waals surface area contributed by atoms with E-state index in [-0.39, 0.29) is 0 Å². The number of alkyl halides is 3. The van der Waals surface area contributed by atoms with Crippen LogP contribution in [0.4, 0.5) is 23.2 Å². The normalized spacial score (nSPS) is 11.5. The van der Waals surface area contributed by atoms with Gasteiger partial charge in [0.2, 0.25) is 5.82 Å². The minimum absolute atomic E-state index is 0.489. The Morgan fingerprint density at radius 3 is 2.27 bits per heavy atom. The molecule has 82 valence electrons. The molecule has 0 N–H and O–H groups in total. The van der Waals surface area contributed by atoms with Gasteiger partial charge in [-0.3, -0.25) is 10.1 Å². The van der Waals surface area contributed by atoms with Crippen LogP contribution in [0.1, 0.15) is 5.56 Å². The van der Waals surface area contributed by atoms with Crippen LogP contribution in [0.2, 0.25) is 0 Å². The van der Waals surface area contributed by atoms with Gasteiger partial charge in [-0.2, -0.15) is 17.6 Å². The lowest BCUT2D eigenvalue weighted by Crippen LogP contribution is -2.10. The van der Waals surface area contributed by atoms with Crippen LogP contribution in [0, 0.1) is 19.5 Å². The van der Waals surface area contributed by atoms with Gasteiger partial charge in [-0.15, -0.1) is 0 Å². The number of nitro benzene ring substituents is 1. The Labute approximate surface area is 94.4 Å². The fourth-order valence-electron chi connectivity index (χ4n) is 0.899. The second kappa shape index (κ2) is 3.91. The van der Waals surface area contributed by atoms with Gasteiger partial charge in [-0.25, -0.2) is 0 Å². The van der Waals surface area contributed by atoms with E-state index in [0.717, 1.165) is 22.6 Å². The first-order valence-electron chi connectivity index (χ1n) is 3.44. The highest BCUT2D eigenvalue weighted by Gasteiger charge is 2.36. The molecule has 0 aliphatic rings. The summed E-state index contributed by atoms with van der Waals surface area (Å²) in [7, 11) is 0. The van der Waals surface area contributed by atoms with Crippen molar-refractivity contribution in [1.82, 2.24) is 0 Å². The molecule has 1 aromatic rings. The Bertz CT molecular complexity index is 418. The highest BCUT2D eigenvalue weighted by Crippen LogP contribution is 2.36. The van der Waals surface area contributed by atoms with Crippen molar-refractivity contribution in [3.63, 3.8) is 0 Å². The maximum Gasteiger partial charge on any atom is 0.417 e. The topological polar surface area (TPSA) is 43.1 Å². The standard InChI is InChI=1S/C7H2F4INO2/c8-5-4(13(14)15)2-1-3(6(5)12)7(9,10)11/h1-2H. The van der Waals surface area contributed by atoms with Gasteiger partial charge in [0.15, 0.2) is 0 Å². The van der Waals surface area contributed by atoms with Crippen molar-refractivity contribution in [1.29, 1.82) is 0 Å². The van der Waals surface area contributed by atoms with Gasteiger partial charge in [0, 0.05) is 6.07 Å². The van der Waals surface area contributed by atoms with E-state index in [4.69, 9.17) is 0 Å². The maximum atomic E-state index is 13.1. The molecule has 0 radical (unpaired) electrons. The van der Waals surface area contributed by atoms with E-state index in [1.165, 1.54) is 0 Å². The number of benzene rings is 1. The zero-order valence-electron chi connectivity index (χ0n) is 6.81. The maximum absolute atomic E-state index is 13.1. The lowest BCUT2D eigenvalue weighted by Gasteiger charge is -2.08. The molecule has 0 bridgehead atoms. The Kier molecular flexibility index (Phi) is 3.16. The molecule has 8 heteroatoms. The first-order chi connectivity index (χ1) is 6.75. The van der Waals surface area contributed by atoms with Crippen molar-refractivity contribution in [2.45, 2.75) is 6.18 Å². The molecule has 3 nitrogen and oxygen atoms in total. The molecular weight excluding hydrogens is 333 g/mol. The highest BCUT2D eigenvalue weighted by atomic mass is 127. The molecule has 0 saturated carbocycles. The van der Waals surface area contributed by atoms with Crippen LogP contribution in [0.5, 0.6) is 0 Å². The third-order valence-electron chi connectivity index (χ3n) is 1.56. The van der Waals surface area contributed by atoms with Crippen molar-refractivity contribution in [2.24, 2.45) is 0 Å². The van der Waals surface area contributed by atoms with Crippen LogP contribution < -0.4 is 0 Å². The van der Waals surface area contributed by atoms with Crippen LogP contribution >= 0.6 is 22.6 Å². The molecule has 0 aliphatic heterocycles. The van der Waals surface area contributed by atoms with Gasteiger partial charge in [-0.1, -0.05) is 0 Å². The Hall–Kier alpha value is -0.930. The summed E-state index contributed by atoms with van der Waals surface area (Å²) in [5, 5.41) is 10.2. The second-order valence-electron chi connectivity index (χ2n) is 2.52. The molecule has 0 spiro atoms. The summed E-state index contributed by atoms with van der Waals surface area (Å²) in [5.41, 5.74) is -2.18. The monoisotopic (exact) mass is 335 g/mol. The van der Waals surface area contributed by atoms with E-state index in [0.29, 0.717) is 12.1 Å².